The maximum absolute atomic E-state index is 5.66. The molecule has 2 heterocycles. The zero-order valence-electron chi connectivity index (χ0n) is 12.5. The van der Waals surface area contributed by atoms with Gasteiger partial charge in [0.2, 0.25) is 0 Å². The first-order chi connectivity index (χ1) is 9.04. The van der Waals surface area contributed by atoms with Crippen molar-refractivity contribution >= 4 is 0 Å². The average Bonchev–Trinajstić information content (AvgIpc) is 2.79. The maximum atomic E-state index is 5.66. The average molecular weight is 266 g/mol. The predicted molar refractivity (Wildman–Crippen MR) is 76.0 cm³/mol. The second-order valence-electron chi connectivity index (χ2n) is 5.88. The zero-order valence-corrected chi connectivity index (χ0v) is 12.5. The summed E-state index contributed by atoms with van der Waals surface area (Å²) in [4.78, 5) is 2.42. The third-order valence-corrected chi connectivity index (χ3v) is 3.52. The number of rotatable bonds is 5. The fourth-order valence-corrected chi connectivity index (χ4v) is 2.32. The molecule has 2 unspecified atom stereocenters. The van der Waals surface area contributed by atoms with Gasteiger partial charge in [0.1, 0.15) is 5.76 Å². The number of ether oxygens (including phenoxy) is 1. The smallest absolute Gasteiger partial charge is 0.118 e. The molecule has 2 atom stereocenters. The van der Waals surface area contributed by atoms with Crippen LogP contribution in [0.2, 0.25) is 0 Å². The minimum Gasteiger partial charge on any atom is -0.468 e. The summed E-state index contributed by atoms with van der Waals surface area (Å²) in [6, 6.07) is 3.11. The Morgan fingerprint density at radius 3 is 2.95 bits per heavy atom. The van der Waals surface area contributed by atoms with Crippen molar-refractivity contribution in [2.24, 2.45) is 0 Å². The van der Waals surface area contributed by atoms with Gasteiger partial charge in [-0.1, -0.05) is 13.8 Å². The molecule has 0 bridgehead atoms. The van der Waals surface area contributed by atoms with Crippen molar-refractivity contribution < 1.29 is 9.15 Å². The van der Waals surface area contributed by atoms with E-state index in [4.69, 9.17) is 9.15 Å². The monoisotopic (exact) mass is 266 g/mol. The molecule has 4 heteroatoms. The zero-order chi connectivity index (χ0) is 13.8. The molecule has 0 amide bonds. The topological polar surface area (TPSA) is 37.6 Å². The summed E-state index contributed by atoms with van der Waals surface area (Å²) in [6.07, 6.45) is 2.17. The Hall–Kier alpha value is -0.840. The van der Waals surface area contributed by atoms with Gasteiger partial charge < -0.3 is 14.5 Å². The number of morpholine rings is 1. The number of nitrogens with zero attached hydrogens (tertiary/aromatic N) is 1. The van der Waals surface area contributed by atoms with Crippen LogP contribution < -0.4 is 5.32 Å². The van der Waals surface area contributed by atoms with Crippen LogP contribution in [0, 0.1) is 0 Å². The van der Waals surface area contributed by atoms with Crippen molar-refractivity contribution in [2.45, 2.75) is 59.0 Å². The minimum absolute atomic E-state index is 0.313. The van der Waals surface area contributed by atoms with Gasteiger partial charge in [-0.05, 0) is 19.9 Å². The molecule has 1 aliphatic heterocycles. The highest BCUT2D eigenvalue weighted by Crippen LogP contribution is 2.17. The third-order valence-electron chi connectivity index (χ3n) is 3.52. The van der Waals surface area contributed by atoms with Crippen LogP contribution in [0.25, 0.3) is 0 Å². The van der Waals surface area contributed by atoms with Crippen LogP contribution in [-0.4, -0.2) is 36.2 Å². The van der Waals surface area contributed by atoms with E-state index in [-0.39, 0.29) is 0 Å². The predicted octanol–water partition coefficient (Wildman–Crippen LogP) is 2.39. The van der Waals surface area contributed by atoms with E-state index in [9.17, 15) is 0 Å². The van der Waals surface area contributed by atoms with Crippen LogP contribution in [0.5, 0.6) is 0 Å². The molecule has 1 aromatic rings. The quantitative estimate of drug-likeness (QED) is 0.888. The van der Waals surface area contributed by atoms with E-state index in [0.717, 1.165) is 32.0 Å². The summed E-state index contributed by atoms with van der Waals surface area (Å²) in [6.45, 7) is 12.2. The van der Waals surface area contributed by atoms with E-state index in [2.05, 4.69) is 44.0 Å². The molecule has 1 aliphatic rings. The van der Waals surface area contributed by atoms with Crippen LogP contribution in [0.1, 0.15) is 39.0 Å². The van der Waals surface area contributed by atoms with E-state index < -0.39 is 0 Å². The van der Waals surface area contributed by atoms with Gasteiger partial charge in [-0.3, -0.25) is 4.90 Å². The fourth-order valence-electron chi connectivity index (χ4n) is 2.32. The highest BCUT2D eigenvalue weighted by atomic mass is 16.5. The van der Waals surface area contributed by atoms with Crippen molar-refractivity contribution in [1.82, 2.24) is 10.2 Å². The number of nitrogens with one attached hydrogen (secondary N) is 1. The highest BCUT2D eigenvalue weighted by Gasteiger charge is 2.24. The largest absolute Gasteiger partial charge is 0.468 e. The second-order valence-corrected chi connectivity index (χ2v) is 5.88. The summed E-state index contributed by atoms with van der Waals surface area (Å²) in [5, 5.41) is 3.40. The summed E-state index contributed by atoms with van der Waals surface area (Å²) in [5.41, 5.74) is 1.22. The normalized spacial score (nSPS) is 25.1. The van der Waals surface area contributed by atoms with Crippen molar-refractivity contribution in [3.63, 3.8) is 0 Å². The molecule has 4 nitrogen and oxygen atoms in total. The van der Waals surface area contributed by atoms with Crippen molar-refractivity contribution in [1.29, 1.82) is 0 Å². The molecule has 0 aliphatic carbocycles. The number of furan rings is 1. The van der Waals surface area contributed by atoms with E-state index in [0.29, 0.717) is 18.2 Å². The van der Waals surface area contributed by atoms with Crippen molar-refractivity contribution in [3.05, 3.63) is 23.7 Å². The summed E-state index contributed by atoms with van der Waals surface area (Å²) in [5.74, 6) is 1.04. The molecule has 1 saturated heterocycles. The molecule has 108 valence electrons. The lowest BCUT2D eigenvalue weighted by molar-refractivity contribution is -0.0545. The second kappa shape index (κ2) is 6.55. The van der Waals surface area contributed by atoms with Crippen LogP contribution in [0.3, 0.4) is 0 Å². The van der Waals surface area contributed by atoms with Gasteiger partial charge >= 0.3 is 0 Å². The molecular weight excluding hydrogens is 240 g/mol. The Morgan fingerprint density at radius 1 is 1.42 bits per heavy atom. The lowest BCUT2D eigenvalue weighted by Crippen LogP contribution is -2.46. The molecule has 1 N–H and O–H groups in total. The first-order valence-electron chi connectivity index (χ1n) is 7.20. The molecular formula is C15H26N2O2. The van der Waals surface area contributed by atoms with E-state index >= 15 is 0 Å². The van der Waals surface area contributed by atoms with Crippen molar-refractivity contribution in [3.8, 4) is 0 Å². The van der Waals surface area contributed by atoms with Gasteiger partial charge in [0, 0.05) is 30.7 Å². The van der Waals surface area contributed by atoms with E-state index in [1.165, 1.54) is 5.56 Å². The molecule has 0 spiro atoms. The van der Waals surface area contributed by atoms with E-state index in [1.807, 2.05) is 6.26 Å². The summed E-state index contributed by atoms with van der Waals surface area (Å²) in [7, 11) is 0. The lowest BCUT2D eigenvalue weighted by atomic mass is 10.2. The summed E-state index contributed by atoms with van der Waals surface area (Å²) < 4.78 is 11.3. The lowest BCUT2D eigenvalue weighted by Gasteiger charge is -2.36. The Bertz CT molecular complexity index is 389. The van der Waals surface area contributed by atoms with Gasteiger partial charge in [-0.2, -0.15) is 0 Å². The molecule has 2 rings (SSSR count). The van der Waals surface area contributed by atoms with Gasteiger partial charge in [-0.25, -0.2) is 0 Å². The van der Waals surface area contributed by atoms with Crippen LogP contribution in [-0.2, 0) is 17.8 Å². The minimum atomic E-state index is 0.313. The van der Waals surface area contributed by atoms with Gasteiger partial charge in [0.15, 0.2) is 0 Å². The Morgan fingerprint density at radius 2 is 2.21 bits per heavy atom. The van der Waals surface area contributed by atoms with Crippen LogP contribution in [0.15, 0.2) is 16.7 Å². The van der Waals surface area contributed by atoms with Gasteiger partial charge in [0.05, 0.1) is 25.5 Å². The number of hydrogen-bond acceptors (Lipinski definition) is 4. The standard InChI is InChI=1S/C15H26N2O2/c1-11(2)16-6-14-5-15(19-10-14)8-17-7-13(4)18-9-12(17)3/h5,10-13,16H,6-9H2,1-4H3. The fraction of sp³-hybridized carbons (Fsp3) is 0.733. The van der Waals surface area contributed by atoms with Crippen molar-refractivity contribution in [2.75, 3.05) is 13.2 Å². The maximum Gasteiger partial charge on any atom is 0.118 e. The Kier molecular flexibility index (Phi) is 5.02. The molecule has 0 saturated carbocycles. The first kappa shape index (κ1) is 14.6. The highest BCUT2D eigenvalue weighted by molar-refractivity contribution is 5.13. The summed E-state index contributed by atoms with van der Waals surface area (Å²) >= 11 is 0. The molecule has 0 radical (unpaired) electrons. The number of hydrogen-bond donors (Lipinski definition) is 1. The van der Waals surface area contributed by atoms with Gasteiger partial charge in [0.25, 0.3) is 0 Å². The third kappa shape index (κ3) is 4.34. The Labute approximate surface area is 116 Å². The molecule has 0 aromatic carbocycles. The first-order valence-corrected chi connectivity index (χ1v) is 7.20. The molecule has 19 heavy (non-hydrogen) atoms. The van der Waals surface area contributed by atoms with E-state index in [1.54, 1.807) is 0 Å². The molecule has 1 fully saturated rings. The van der Waals surface area contributed by atoms with Crippen LogP contribution in [0.4, 0.5) is 0 Å². The Balaban J connectivity index is 1.88. The SMILES string of the molecule is CC(C)NCc1coc(CN2CC(C)OCC2C)c1. The molecule has 1 aromatic heterocycles. The van der Waals surface area contributed by atoms with Gasteiger partial charge in [-0.15, -0.1) is 0 Å². The van der Waals surface area contributed by atoms with Crippen LogP contribution >= 0.6 is 0 Å².